The maximum absolute atomic E-state index is 5.85. The lowest BCUT2D eigenvalue weighted by Crippen LogP contribution is -2.45. The molecule has 96 valence electrons. The van der Waals surface area contributed by atoms with Gasteiger partial charge in [-0.3, -0.25) is 4.90 Å². The molecule has 0 bridgehead atoms. The monoisotopic (exact) mass is 244 g/mol. The SMILES string of the molecule is CCCN(CC(C)(C)CN)C1CCSCC1. The first-order valence-electron chi connectivity index (χ1n) is 6.61. The first-order chi connectivity index (χ1) is 7.59. The summed E-state index contributed by atoms with van der Waals surface area (Å²) in [5, 5.41) is 0. The largest absolute Gasteiger partial charge is 0.330 e. The number of thioether (sulfide) groups is 1. The predicted octanol–water partition coefficient (Wildman–Crippen LogP) is 2.58. The molecule has 0 spiro atoms. The molecule has 0 aromatic carbocycles. The van der Waals surface area contributed by atoms with Gasteiger partial charge in [0.25, 0.3) is 0 Å². The van der Waals surface area contributed by atoms with E-state index in [0.29, 0.717) is 0 Å². The van der Waals surface area contributed by atoms with E-state index in [4.69, 9.17) is 5.73 Å². The molecule has 0 aromatic rings. The van der Waals surface area contributed by atoms with Gasteiger partial charge in [-0.2, -0.15) is 11.8 Å². The second-order valence-electron chi connectivity index (χ2n) is 5.68. The molecule has 1 fully saturated rings. The third-order valence-corrected chi connectivity index (χ3v) is 4.45. The maximum atomic E-state index is 5.85. The van der Waals surface area contributed by atoms with E-state index < -0.39 is 0 Å². The van der Waals surface area contributed by atoms with Gasteiger partial charge in [-0.15, -0.1) is 0 Å². The van der Waals surface area contributed by atoms with E-state index in [1.165, 1.54) is 37.3 Å². The van der Waals surface area contributed by atoms with Crippen LogP contribution < -0.4 is 5.73 Å². The zero-order valence-electron chi connectivity index (χ0n) is 11.2. The van der Waals surface area contributed by atoms with E-state index in [1.807, 2.05) is 0 Å². The predicted molar refractivity (Wildman–Crippen MR) is 75.0 cm³/mol. The highest BCUT2D eigenvalue weighted by atomic mass is 32.2. The van der Waals surface area contributed by atoms with Gasteiger partial charge < -0.3 is 5.73 Å². The molecule has 1 aliphatic rings. The van der Waals surface area contributed by atoms with Crippen molar-refractivity contribution in [2.24, 2.45) is 11.1 Å². The molecule has 3 heteroatoms. The molecule has 0 atom stereocenters. The zero-order chi connectivity index (χ0) is 12.0. The fourth-order valence-electron chi connectivity index (χ4n) is 2.34. The standard InChI is InChI=1S/C13H28N2S/c1-4-7-15(11-13(2,3)10-14)12-5-8-16-9-6-12/h12H,4-11,14H2,1-3H3. The summed E-state index contributed by atoms with van der Waals surface area (Å²) in [5.74, 6) is 2.68. The Labute approximate surface area is 105 Å². The quantitative estimate of drug-likeness (QED) is 0.779. The van der Waals surface area contributed by atoms with E-state index in [9.17, 15) is 0 Å². The molecule has 0 amide bonds. The van der Waals surface area contributed by atoms with Crippen LogP contribution in [0.5, 0.6) is 0 Å². The molecule has 1 saturated heterocycles. The van der Waals surface area contributed by atoms with Crippen LogP contribution in [0.4, 0.5) is 0 Å². The maximum Gasteiger partial charge on any atom is 0.0111 e. The van der Waals surface area contributed by atoms with Gasteiger partial charge in [-0.05, 0) is 49.3 Å². The lowest BCUT2D eigenvalue weighted by Gasteiger charge is -2.39. The fourth-order valence-corrected chi connectivity index (χ4v) is 3.42. The first kappa shape index (κ1) is 14.3. The minimum Gasteiger partial charge on any atom is -0.330 e. The van der Waals surface area contributed by atoms with Crippen molar-refractivity contribution in [3.63, 3.8) is 0 Å². The molecule has 0 aliphatic carbocycles. The minimum absolute atomic E-state index is 0.264. The van der Waals surface area contributed by atoms with Crippen LogP contribution in [0.25, 0.3) is 0 Å². The van der Waals surface area contributed by atoms with E-state index in [-0.39, 0.29) is 5.41 Å². The molecule has 1 rings (SSSR count). The number of rotatable bonds is 6. The Morgan fingerprint density at radius 2 is 1.94 bits per heavy atom. The molecular weight excluding hydrogens is 216 g/mol. The van der Waals surface area contributed by atoms with Gasteiger partial charge in [0.2, 0.25) is 0 Å². The van der Waals surface area contributed by atoms with Gasteiger partial charge in [-0.25, -0.2) is 0 Å². The summed E-state index contributed by atoms with van der Waals surface area (Å²) in [5.41, 5.74) is 6.11. The van der Waals surface area contributed by atoms with Gasteiger partial charge in [-0.1, -0.05) is 20.8 Å². The molecule has 2 N–H and O–H groups in total. The Hall–Kier alpha value is 0.270. The fraction of sp³-hybridized carbons (Fsp3) is 1.00. The molecule has 0 aromatic heterocycles. The molecular formula is C13H28N2S. The van der Waals surface area contributed by atoms with E-state index in [1.54, 1.807) is 0 Å². The first-order valence-corrected chi connectivity index (χ1v) is 7.76. The summed E-state index contributed by atoms with van der Waals surface area (Å²) in [7, 11) is 0. The van der Waals surface area contributed by atoms with Crippen molar-refractivity contribution < 1.29 is 0 Å². The van der Waals surface area contributed by atoms with Crippen molar-refractivity contribution in [1.82, 2.24) is 4.90 Å². The summed E-state index contributed by atoms with van der Waals surface area (Å²) in [6.45, 7) is 10.0. The average Bonchev–Trinajstić information content (AvgIpc) is 2.29. The van der Waals surface area contributed by atoms with Crippen molar-refractivity contribution in [1.29, 1.82) is 0 Å². The topological polar surface area (TPSA) is 29.3 Å². The Morgan fingerprint density at radius 3 is 2.44 bits per heavy atom. The van der Waals surface area contributed by atoms with E-state index >= 15 is 0 Å². The zero-order valence-corrected chi connectivity index (χ0v) is 12.0. The number of nitrogens with two attached hydrogens (primary N) is 1. The number of nitrogens with zero attached hydrogens (tertiary/aromatic N) is 1. The van der Waals surface area contributed by atoms with Crippen molar-refractivity contribution in [2.75, 3.05) is 31.1 Å². The third kappa shape index (κ3) is 4.64. The Bertz CT molecular complexity index is 188. The van der Waals surface area contributed by atoms with E-state index in [2.05, 4.69) is 37.4 Å². The molecule has 0 radical (unpaired) electrons. The smallest absolute Gasteiger partial charge is 0.0111 e. The van der Waals surface area contributed by atoms with Crippen LogP contribution in [0.2, 0.25) is 0 Å². The van der Waals surface area contributed by atoms with Crippen LogP contribution in [0.1, 0.15) is 40.0 Å². The Balaban J connectivity index is 2.51. The highest BCUT2D eigenvalue weighted by Crippen LogP contribution is 2.25. The van der Waals surface area contributed by atoms with Gasteiger partial charge in [0.1, 0.15) is 0 Å². The van der Waals surface area contributed by atoms with Crippen LogP contribution in [-0.4, -0.2) is 42.1 Å². The lowest BCUT2D eigenvalue weighted by molar-refractivity contribution is 0.125. The van der Waals surface area contributed by atoms with Gasteiger partial charge >= 0.3 is 0 Å². The summed E-state index contributed by atoms with van der Waals surface area (Å²) < 4.78 is 0. The molecule has 0 saturated carbocycles. The van der Waals surface area contributed by atoms with Crippen molar-refractivity contribution >= 4 is 11.8 Å². The molecule has 16 heavy (non-hydrogen) atoms. The summed E-state index contributed by atoms with van der Waals surface area (Å²) in [4.78, 5) is 2.69. The van der Waals surface area contributed by atoms with Crippen molar-refractivity contribution in [2.45, 2.75) is 46.1 Å². The normalized spacial score (nSPS) is 19.3. The number of hydrogen-bond acceptors (Lipinski definition) is 3. The highest BCUT2D eigenvalue weighted by Gasteiger charge is 2.26. The second-order valence-corrected chi connectivity index (χ2v) is 6.91. The Kier molecular flexibility index (Phi) is 6.16. The molecule has 0 unspecified atom stereocenters. The highest BCUT2D eigenvalue weighted by molar-refractivity contribution is 7.99. The number of hydrogen-bond donors (Lipinski definition) is 1. The van der Waals surface area contributed by atoms with Crippen LogP contribution in [0.3, 0.4) is 0 Å². The summed E-state index contributed by atoms with van der Waals surface area (Å²) >= 11 is 2.11. The summed E-state index contributed by atoms with van der Waals surface area (Å²) in [6, 6.07) is 0.812. The van der Waals surface area contributed by atoms with Crippen LogP contribution in [-0.2, 0) is 0 Å². The van der Waals surface area contributed by atoms with Gasteiger partial charge in [0.15, 0.2) is 0 Å². The second kappa shape index (κ2) is 6.87. The molecule has 1 heterocycles. The molecule has 1 aliphatic heterocycles. The lowest BCUT2D eigenvalue weighted by atomic mass is 9.91. The van der Waals surface area contributed by atoms with E-state index in [0.717, 1.165) is 19.1 Å². The van der Waals surface area contributed by atoms with Crippen molar-refractivity contribution in [3.05, 3.63) is 0 Å². The third-order valence-electron chi connectivity index (χ3n) is 3.40. The van der Waals surface area contributed by atoms with Crippen LogP contribution in [0.15, 0.2) is 0 Å². The van der Waals surface area contributed by atoms with Crippen LogP contribution in [0, 0.1) is 5.41 Å². The average molecular weight is 244 g/mol. The van der Waals surface area contributed by atoms with Crippen molar-refractivity contribution in [3.8, 4) is 0 Å². The van der Waals surface area contributed by atoms with Crippen LogP contribution >= 0.6 is 11.8 Å². The Morgan fingerprint density at radius 1 is 1.31 bits per heavy atom. The molecule has 2 nitrogen and oxygen atoms in total. The summed E-state index contributed by atoms with van der Waals surface area (Å²) in [6.07, 6.45) is 3.99. The minimum atomic E-state index is 0.264. The van der Waals surface area contributed by atoms with Gasteiger partial charge in [0, 0.05) is 12.6 Å². The van der Waals surface area contributed by atoms with Gasteiger partial charge in [0.05, 0.1) is 0 Å².